The summed E-state index contributed by atoms with van der Waals surface area (Å²) in [4.78, 5) is 3.90. The fraction of sp³-hybridized carbons (Fsp3) is 0.182. The molecule has 0 aliphatic rings. The van der Waals surface area contributed by atoms with E-state index in [1.165, 1.54) is 6.26 Å². The van der Waals surface area contributed by atoms with Crippen LogP contribution in [-0.4, -0.2) is 4.98 Å². The van der Waals surface area contributed by atoms with Crippen LogP contribution in [0.15, 0.2) is 35.1 Å². The SMILES string of the molecule is Cc1cccc(C)c1Oc1ncco1. The van der Waals surface area contributed by atoms with Crippen molar-refractivity contribution >= 4 is 0 Å². The fourth-order valence-corrected chi connectivity index (χ4v) is 1.31. The van der Waals surface area contributed by atoms with Crippen LogP contribution in [-0.2, 0) is 0 Å². The van der Waals surface area contributed by atoms with Crippen molar-refractivity contribution in [3.63, 3.8) is 0 Å². The van der Waals surface area contributed by atoms with Gasteiger partial charge in [-0.15, -0.1) is 0 Å². The topological polar surface area (TPSA) is 35.3 Å². The number of rotatable bonds is 2. The Morgan fingerprint density at radius 1 is 1.21 bits per heavy atom. The van der Waals surface area contributed by atoms with E-state index in [9.17, 15) is 0 Å². The van der Waals surface area contributed by atoms with Crippen molar-refractivity contribution in [2.24, 2.45) is 0 Å². The fourth-order valence-electron chi connectivity index (χ4n) is 1.31. The summed E-state index contributed by atoms with van der Waals surface area (Å²) in [5, 5.41) is 0. The highest BCUT2D eigenvalue weighted by atomic mass is 16.6. The van der Waals surface area contributed by atoms with E-state index < -0.39 is 0 Å². The van der Waals surface area contributed by atoms with Gasteiger partial charge in [0.2, 0.25) is 0 Å². The van der Waals surface area contributed by atoms with Crippen LogP contribution in [0.5, 0.6) is 11.8 Å². The molecule has 14 heavy (non-hydrogen) atoms. The number of aromatic nitrogens is 1. The molecule has 2 rings (SSSR count). The minimum atomic E-state index is 0.280. The number of benzene rings is 1. The Morgan fingerprint density at radius 2 is 1.93 bits per heavy atom. The third-order valence-electron chi connectivity index (χ3n) is 2.01. The van der Waals surface area contributed by atoms with E-state index >= 15 is 0 Å². The van der Waals surface area contributed by atoms with Gasteiger partial charge < -0.3 is 9.15 Å². The minimum absolute atomic E-state index is 0.280. The Morgan fingerprint density at radius 3 is 2.50 bits per heavy atom. The quantitative estimate of drug-likeness (QED) is 0.728. The van der Waals surface area contributed by atoms with Gasteiger partial charge in [0, 0.05) is 0 Å². The number of aryl methyl sites for hydroxylation is 2. The van der Waals surface area contributed by atoms with Crippen LogP contribution in [0.2, 0.25) is 0 Å². The highest BCUT2D eigenvalue weighted by molar-refractivity contribution is 5.40. The monoisotopic (exact) mass is 189 g/mol. The lowest BCUT2D eigenvalue weighted by Gasteiger charge is -2.07. The summed E-state index contributed by atoms with van der Waals surface area (Å²) >= 11 is 0. The van der Waals surface area contributed by atoms with Gasteiger partial charge in [-0.25, -0.2) is 0 Å². The summed E-state index contributed by atoms with van der Waals surface area (Å²) in [6, 6.07) is 5.98. The van der Waals surface area contributed by atoms with Gasteiger partial charge in [-0.05, 0) is 25.0 Å². The average Bonchev–Trinajstić information content (AvgIpc) is 2.64. The molecule has 0 bridgehead atoms. The maximum Gasteiger partial charge on any atom is 0.399 e. The molecule has 1 heterocycles. The smallest absolute Gasteiger partial charge is 0.399 e. The van der Waals surface area contributed by atoms with E-state index in [4.69, 9.17) is 9.15 Å². The van der Waals surface area contributed by atoms with Crippen molar-refractivity contribution in [2.75, 3.05) is 0 Å². The van der Waals surface area contributed by atoms with E-state index in [-0.39, 0.29) is 6.08 Å². The lowest BCUT2D eigenvalue weighted by Crippen LogP contribution is -1.90. The summed E-state index contributed by atoms with van der Waals surface area (Å²) in [7, 11) is 0. The summed E-state index contributed by atoms with van der Waals surface area (Å²) in [6.07, 6.45) is 3.33. The first-order valence-electron chi connectivity index (χ1n) is 4.41. The number of hydrogen-bond donors (Lipinski definition) is 0. The Balaban J connectivity index is 2.33. The maximum atomic E-state index is 5.50. The van der Waals surface area contributed by atoms with Gasteiger partial charge in [-0.2, -0.15) is 4.98 Å². The zero-order valence-corrected chi connectivity index (χ0v) is 8.15. The van der Waals surface area contributed by atoms with Gasteiger partial charge in [0.15, 0.2) is 0 Å². The minimum Gasteiger partial charge on any atom is -0.417 e. The van der Waals surface area contributed by atoms with Crippen LogP contribution in [0.4, 0.5) is 0 Å². The van der Waals surface area contributed by atoms with E-state index in [2.05, 4.69) is 4.98 Å². The largest absolute Gasteiger partial charge is 0.417 e. The molecule has 0 fully saturated rings. The van der Waals surface area contributed by atoms with Gasteiger partial charge in [-0.1, -0.05) is 18.2 Å². The molecule has 0 aliphatic carbocycles. The molecule has 0 aliphatic heterocycles. The third kappa shape index (κ3) is 1.62. The average molecular weight is 189 g/mol. The maximum absolute atomic E-state index is 5.50. The molecule has 3 nitrogen and oxygen atoms in total. The summed E-state index contributed by atoms with van der Waals surface area (Å²) in [6.45, 7) is 3.98. The molecular weight excluding hydrogens is 178 g/mol. The second-order valence-electron chi connectivity index (χ2n) is 3.12. The molecule has 1 aromatic carbocycles. The zero-order valence-electron chi connectivity index (χ0n) is 8.15. The molecule has 0 amide bonds. The highest BCUT2D eigenvalue weighted by Crippen LogP contribution is 2.26. The van der Waals surface area contributed by atoms with Crippen LogP contribution in [0.25, 0.3) is 0 Å². The Kier molecular flexibility index (Phi) is 2.23. The van der Waals surface area contributed by atoms with Crippen molar-refractivity contribution < 1.29 is 9.15 Å². The number of nitrogens with zero attached hydrogens (tertiary/aromatic N) is 1. The molecule has 0 N–H and O–H groups in total. The van der Waals surface area contributed by atoms with Crippen molar-refractivity contribution in [1.82, 2.24) is 4.98 Å². The molecule has 0 saturated heterocycles. The molecule has 0 unspecified atom stereocenters. The van der Waals surface area contributed by atoms with E-state index in [1.807, 2.05) is 32.0 Å². The highest BCUT2D eigenvalue weighted by Gasteiger charge is 2.06. The first-order chi connectivity index (χ1) is 6.77. The van der Waals surface area contributed by atoms with Gasteiger partial charge in [0.1, 0.15) is 12.0 Å². The second-order valence-corrected chi connectivity index (χ2v) is 3.12. The molecule has 0 spiro atoms. The van der Waals surface area contributed by atoms with Crippen LogP contribution in [0.3, 0.4) is 0 Å². The second kappa shape index (κ2) is 3.54. The van der Waals surface area contributed by atoms with E-state index in [0.29, 0.717) is 0 Å². The third-order valence-corrected chi connectivity index (χ3v) is 2.01. The van der Waals surface area contributed by atoms with Gasteiger partial charge >= 0.3 is 6.08 Å². The Bertz CT molecular complexity index is 401. The molecule has 2 aromatic rings. The van der Waals surface area contributed by atoms with Crippen molar-refractivity contribution in [1.29, 1.82) is 0 Å². The van der Waals surface area contributed by atoms with Crippen LogP contribution < -0.4 is 4.74 Å². The molecule has 0 saturated carbocycles. The molecule has 1 aromatic heterocycles. The van der Waals surface area contributed by atoms with E-state index in [1.54, 1.807) is 6.20 Å². The predicted octanol–water partition coefficient (Wildman–Crippen LogP) is 3.08. The Hall–Kier alpha value is -1.77. The lowest BCUT2D eigenvalue weighted by molar-refractivity contribution is 0.327. The first-order valence-corrected chi connectivity index (χ1v) is 4.41. The number of hydrogen-bond acceptors (Lipinski definition) is 3. The molecule has 0 radical (unpaired) electrons. The van der Waals surface area contributed by atoms with Gasteiger partial charge in [0.25, 0.3) is 0 Å². The van der Waals surface area contributed by atoms with Gasteiger partial charge in [-0.3, -0.25) is 0 Å². The molecule has 0 atom stereocenters. The summed E-state index contributed by atoms with van der Waals surface area (Å²) in [5.74, 6) is 0.815. The standard InChI is InChI=1S/C11H11NO2/c1-8-4-3-5-9(2)10(8)14-11-12-6-7-13-11/h3-7H,1-2H3. The molecule has 3 heteroatoms. The summed E-state index contributed by atoms with van der Waals surface area (Å²) in [5.41, 5.74) is 2.14. The number of oxazole rings is 1. The molecular formula is C11H11NO2. The summed E-state index contributed by atoms with van der Waals surface area (Å²) < 4.78 is 10.5. The van der Waals surface area contributed by atoms with Crippen molar-refractivity contribution in [3.05, 3.63) is 41.8 Å². The van der Waals surface area contributed by atoms with Crippen molar-refractivity contribution in [3.8, 4) is 11.8 Å². The predicted molar refractivity (Wildman–Crippen MR) is 52.5 cm³/mol. The van der Waals surface area contributed by atoms with Crippen molar-refractivity contribution in [2.45, 2.75) is 13.8 Å². The first kappa shape index (κ1) is 8.81. The van der Waals surface area contributed by atoms with Gasteiger partial charge in [0.05, 0.1) is 6.20 Å². The Labute approximate surface area is 82.3 Å². The molecule has 72 valence electrons. The lowest BCUT2D eigenvalue weighted by atomic mass is 10.1. The van der Waals surface area contributed by atoms with E-state index in [0.717, 1.165) is 16.9 Å². The van der Waals surface area contributed by atoms with Crippen LogP contribution >= 0.6 is 0 Å². The normalized spacial score (nSPS) is 10.1. The van der Waals surface area contributed by atoms with Crippen LogP contribution in [0.1, 0.15) is 11.1 Å². The number of ether oxygens (including phenoxy) is 1. The number of para-hydroxylation sites is 1. The zero-order chi connectivity index (χ0) is 9.97. The van der Waals surface area contributed by atoms with Crippen LogP contribution in [0, 0.1) is 13.8 Å².